The molecule has 1 fully saturated rings. The predicted octanol–water partition coefficient (Wildman–Crippen LogP) is 4.00. The largest absolute Gasteiger partial charge is 0.497 e. The number of ketones is 2. The Kier molecular flexibility index (Phi) is 5.73. The van der Waals surface area contributed by atoms with E-state index >= 15 is 0 Å². The van der Waals surface area contributed by atoms with Crippen molar-refractivity contribution in [1.29, 1.82) is 0 Å². The maximum absolute atomic E-state index is 13.5. The minimum Gasteiger partial charge on any atom is -0.497 e. The summed E-state index contributed by atoms with van der Waals surface area (Å²) >= 11 is 0. The van der Waals surface area contributed by atoms with E-state index < -0.39 is 35.3 Å². The minimum absolute atomic E-state index is 0.302. The fourth-order valence-electron chi connectivity index (χ4n) is 3.98. The van der Waals surface area contributed by atoms with E-state index in [1.807, 2.05) is 0 Å². The lowest BCUT2D eigenvalue weighted by Crippen LogP contribution is -2.31. The van der Waals surface area contributed by atoms with E-state index in [0.717, 1.165) is 0 Å². The van der Waals surface area contributed by atoms with Crippen LogP contribution in [-0.2, 0) is 9.59 Å². The van der Waals surface area contributed by atoms with Gasteiger partial charge in [0.25, 0.3) is 5.91 Å². The van der Waals surface area contributed by atoms with E-state index in [1.165, 1.54) is 43.4 Å². The lowest BCUT2D eigenvalue weighted by molar-refractivity contribution is -0.135. The Morgan fingerprint density at radius 2 is 1.59 bits per heavy atom. The Bertz CT molecular complexity index is 1180. The molecule has 0 bridgehead atoms. The Balaban J connectivity index is 1.91. The Morgan fingerprint density at radius 1 is 0.906 bits per heavy atom. The minimum atomic E-state index is -1.29. The third-order valence-corrected chi connectivity index (χ3v) is 5.51. The Labute approximate surface area is 184 Å². The zero-order chi connectivity index (χ0) is 22.8. The standard InChI is InChI=1S/C25H20FNO5/c1-31-18-12-13-19(20(14-18)32-2)22-21(23(28)15-6-4-3-5-7-15)24(29)25(30)27(22)17-10-8-16(26)9-11-17/h3-14,21-22H,1-2H3. The summed E-state index contributed by atoms with van der Waals surface area (Å²) in [5.41, 5.74) is 1.08. The van der Waals surface area contributed by atoms with E-state index in [9.17, 15) is 18.8 Å². The third-order valence-electron chi connectivity index (χ3n) is 5.51. The SMILES string of the molecule is COc1ccc(C2C(C(=O)c3ccccc3)C(=O)C(=O)N2c2ccc(F)cc2)c(OC)c1. The molecule has 2 atom stereocenters. The molecule has 0 radical (unpaired) electrons. The van der Waals surface area contributed by atoms with Crippen LogP contribution in [0.1, 0.15) is 22.0 Å². The topological polar surface area (TPSA) is 72.9 Å². The van der Waals surface area contributed by atoms with Crippen molar-refractivity contribution in [2.45, 2.75) is 6.04 Å². The van der Waals surface area contributed by atoms with Gasteiger partial charge < -0.3 is 9.47 Å². The number of benzene rings is 3. The number of anilines is 1. The smallest absolute Gasteiger partial charge is 0.295 e. The molecule has 2 unspecified atom stereocenters. The number of hydrogen-bond acceptors (Lipinski definition) is 5. The maximum Gasteiger partial charge on any atom is 0.295 e. The lowest BCUT2D eigenvalue weighted by atomic mass is 9.86. The molecule has 3 aromatic carbocycles. The van der Waals surface area contributed by atoms with E-state index in [-0.39, 0.29) is 0 Å². The summed E-state index contributed by atoms with van der Waals surface area (Å²) in [4.78, 5) is 40.9. The molecule has 0 aromatic heterocycles. The molecule has 0 aliphatic carbocycles. The maximum atomic E-state index is 13.5. The molecule has 1 aliphatic heterocycles. The number of Topliss-reactive ketones (excluding diaryl/α,β-unsaturated/α-hetero) is 2. The molecule has 0 N–H and O–H groups in total. The second kappa shape index (κ2) is 8.63. The highest BCUT2D eigenvalue weighted by Gasteiger charge is 2.53. The van der Waals surface area contributed by atoms with Crippen LogP contribution in [0.2, 0.25) is 0 Å². The summed E-state index contributed by atoms with van der Waals surface area (Å²) < 4.78 is 24.3. The zero-order valence-electron chi connectivity index (χ0n) is 17.4. The lowest BCUT2D eigenvalue weighted by Gasteiger charge is -2.28. The predicted molar refractivity (Wildman–Crippen MR) is 115 cm³/mol. The van der Waals surface area contributed by atoms with Gasteiger partial charge in [0, 0.05) is 22.9 Å². The van der Waals surface area contributed by atoms with Gasteiger partial charge >= 0.3 is 0 Å². The molecular formula is C25H20FNO5. The molecule has 1 heterocycles. The zero-order valence-corrected chi connectivity index (χ0v) is 17.4. The van der Waals surface area contributed by atoms with Crippen molar-refractivity contribution >= 4 is 23.2 Å². The van der Waals surface area contributed by atoms with Gasteiger partial charge in [0.15, 0.2) is 5.78 Å². The van der Waals surface area contributed by atoms with Crippen LogP contribution in [0.25, 0.3) is 0 Å². The van der Waals surface area contributed by atoms with Gasteiger partial charge in [-0.2, -0.15) is 0 Å². The molecule has 162 valence electrons. The number of carbonyl (C=O) groups excluding carboxylic acids is 3. The summed E-state index contributed by atoms with van der Waals surface area (Å²) in [5.74, 6) is -3.05. The third kappa shape index (κ3) is 3.62. The first-order valence-corrected chi connectivity index (χ1v) is 9.90. The summed E-state index contributed by atoms with van der Waals surface area (Å²) in [6, 6.07) is 17.5. The molecule has 7 heteroatoms. The molecule has 6 nitrogen and oxygen atoms in total. The van der Waals surface area contributed by atoms with E-state index in [2.05, 4.69) is 0 Å². The first-order chi connectivity index (χ1) is 15.5. The molecule has 32 heavy (non-hydrogen) atoms. The van der Waals surface area contributed by atoms with Crippen molar-refractivity contribution in [3.63, 3.8) is 0 Å². The van der Waals surface area contributed by atoms with E-state index in [4.69, 9.17) is 9.47 Å². The number of rotatable bonds is 6. The van der Waals surface area contributed by atoms with Crippen molar-refractivity contribution < 1.29 is 28.2 Å². The molecule has 0 saturated carbocycles. The molecule has 4 rings (SSSR count). The van der Waals surface area contributed by atoms with Crippen molar-refractivity contribution in [1.82, 2.24) is 0 Å². The average molecular weight is 433 g/mol. The Hall–Kier alpha value is -4.00. The van der Waals surface area contributed by atoms with E-state index in [0.29, 0.717) is 28.3 Å². The number of hydrogen-bond donors (Lipinski definition) is 0. The van der Waals surface area contributed by atoms with Crippen LogP contribution in [0.15, 0.2) is 72.8 Å². The summed E-state index contributed by atoms with van der Waals surface area (Å²) in [7, 11) is 2.96. The number of nitrogens with zero attached hydrogens (tertiary/aromatic N) is 1. The summed E-state index contributed by atoms with van der Waals surface area (Å²) in [6.45, 7) is 0. The second-order valence-corrected chi connectivity index (χ2v) is 7.28. The highest BCUT2D eigenvalue weighted by molar-refractivity contribution is 6.49. The van der Waals surface area contributed by atoms with Crippen LogP contribution in [0.3, 0.4) is 0 Å². The number of ether oxygens (including phenoxy) is 2. The van der Waals surface area contributed by atoms with Crippen LogP contribution in [-0.4, -0.2) is 31.7 Å². The quantitative estimate of drug-likeness (QED) is 0.334. The van der Waals surface area contributed by atoms with Crippen molar-refractivity contribution in [3.8, 4) is 11.5 Å². The van der Waals surface area contributed by atoms with Gasteiger partial charge in [-0.25, -0.2) is 4.39 Å². The van der Waals surface area contributed by atoms with Crippen LogP contribution < -0.4 is 14.4 Å². The van der Waals surface area contributed by atoms with Crippen molar-refractivity contribution in [3.05, 3.63) is 89.7 Å². The summed E-state index contributed by atoms with van der Waals surface area (Å²) in [5, 5.41) is 0. The normalized spacial score (nSPS) is 18.0. The molecule has 1 saturated heterocycles. The van der Waals surface area contributed by atoms with E-state index in [1.54, 1.807) is 48.5 Å². The monoisotopic (exact) mass is 433 g/mol. The molecule has 3 aromatic rings. The van der Waals surface area contributed by atoms with Crippen molar-refractivity contribution in [2.24, 2.45) is 5.92 Å². The molecule has 0 spiro atoms. The van der Waals surface area contributed by atoms with Gasteiger partial charge in [-0.15, -0.1) is 0 Å². The van der Waals surface area contributed by atoms with Crippen LogP contribution in [0, 0.1) is 11.7 Å². The van der Waals surface area contributed by atoms with Gasteiger partial charge in [0.05, 0.1) is 20.3 Å². The number of halogens is 1. The van der Waals surface area contributed by atoms with Crippen LogP contribution in [0.4, 0.5) is 10.1 Å². The summed E-state index contributed by atoms with van der Waals surface area (Å²) in [6.07, 6.45) is 0. The molecular weight excluding hydrogens is 413 g/mol. The van der Waals surface area contributed by atoms with Gasteiger partial charge in [0.1, 0.15) is 23.2 Å². The highest BCUT2D eigenvalue weighted by atomic mass is 19.1. The van der Waals surface area contributed by atoms with Crippen molar-refractivity contribution in [2.75, 3.05) is 19.1 Å². The van der Waals surface area contributed by atoms with Gasteiger partial charge in [-0.1, -0.05) is 30.3 Å². The first kappa shape index (κ1) is 21.2. The van der Waals surface area contributed by atoms with Crippen LogP contribution in [0.5, 0.6) is 11.5 Å². The van der Waals surface area contributed by atoms with Gasteiger partial charge in [-0.05, 0) is 36.4 Å². The first-order valence-electron chi connectivity index (χ1n) is 9.90. The second-order valence-electron chi connectivity index (χ2n) is 7.28. The number of amides is 1. The van der Waals surface area contributed by atoms with Gasteiger partial charge in [0.2, 0.25) is 5.78 Å². The fraction of sp³-hybridized carbons (Fsp3) is 0.160. The number of carbonyl (C=O) groups is 3. The number of methoxy groups -OCH3 is 2. The Morgan fingerprint density at radius 3 is 2.22 bits per heavy atom. The highest BCUT2D eigenvalue weighted by Crippen LogP contribution is 2.45. The van der Waals surface area contributed by atoms with Gasteiger partial charge in [-0.3, -0.25) is 19.3 Å². The fourth-order valence-corrected chi connectivity index (χ4v) is 3.98. The average Bonchev–Trinajstić information content (AvgIpc) is 3.09. The molecule has 1 aliphatic rings. The molecule has 1 amide bonds. The van der Waals surface area contributed by atoms with Crippen LogP contribution >= 0.6 is 0 Å².